The zero-order chi connectivity index (χ0) is 27.5. The largest absolute Gasteiger partial charge is 0.489 e. The predicted molar refractivity (Wildman–Crippen MR) is 151 cm³/mol. The number of benzene rings is 3. The second-order valence-electron chi connectivity index (χ2n) is 10.7. The van der Waals surface area contributed by atoms with Crippen LogP contribution >= 0.6 is 0 Å². The molecule has 3 aliphatic rings. The molecule has 0 aliphatic carbocycles. The van der Waals surface area contributed by atoms with Gasteiger partial charge in [-0.1, -0.05) is 36.4 Å². The second kappa shape index (κ2) is 11.5. The summed E-state index contributed by atoms with van der Waals surface area (Å²) in [6, 6.07) is 26.4. The number of likely N-dealkylation sites (tertiary alicyclic amines) is 2. The van der Waals surface area contributed by atoms with Crippen LogP contribution in [-0.2, 0) is 0 Å². The van der Waals surface area contributed by atoms with Crippen molar-refractivity contribution in [3.05, 3.63) is 102 Å². The molecule has 0 radical (unpaired) electrons. The molecule has 8 heteroatoms. The Kier molecular flexibility index (Phi) is 7.51. The van der Waals surface area contributed by atoms with E-state index in [2.05, 4.69) is 4.90 Å². The number of hydrogen-bond acceptors (Lipinski definition) is 5. The molecule has 3 amide bonds. The summed E-state index contributed by atoms with van der Waals surface area (Å²) in [5, 5.41) is 0. The van der Waals surface area contributed by atoms with Crippen LogP contribution in [0.1, 0.15) is 37.5 Å². The van der Waals surface area contributed by atoms with Gasteiger partial charge in [0.05, 0.1) is 6.54 Å². The van der Waals surface area contributed by atoms with E-state index < -0.39 is 0 Å². The van der Waals surface area contributed by atoms with Crippen molar-refractivity contribution in [2.45, 2.75) is 18.6 Å². The Morgan fingerprint density at radius 1 is 0.550 bits per heavy atom. The van der Waals surface area contributed by atoms with E-state index in [9.17, 15) is 14.4 Å². The number of amides is 3. The Hall–Kier alpha value is -4.17. The smallest absolute Gasteiger partial charge is 0.253 e. The molecule has 0 aromatic heterocycles. The average Bonchev–Trinajstić information content (AvgIpc) is 3.45. The van der Waals surface area contributed by atoms with Gasteiger partial charge in [0.15, 0.2) is 0 Å². The van der Waals surface area contributed by atoms with E-state index in [0.29, 0.717) is 62.2 Å². The van der Waals surface area contributed by atoms with Crippen molar-refractivity contribution in [3.63, 3.8) is 0 Å². The summed E-state index contributed by atoms with van der Waals surface area (Å²) in [5.41, 5.74) is 2.08. The Balaban J connectivity index is 0.942. The highest BCUT2D eigenvalue weighted by molar-refractivity contribution is 5.95. The topological polar surface area (TPSA) is 73.4 Å². The van der Waals surface area contributed by atoms with Gasteiger partial charge < -0.3 is 19.4 Å². The minimum atomic E-state index is -0.0613. The first-order chi connectivity index (χ1) is 19.5. The Labute approximate surface area is 234 Å². The first kappa shape index (κ1) is 26.1. The lowest BCUT2D eigenvalue weighted by molar-refractivity contribution is 0.00853. The summed E-state index contributed by atoms with van der Waals surface area (Å²) in [7, 11) is 0. The van der Waals surface area contributed by atoms with Crippen molar-refractivity contribution >= 4 is 17.7 Å². The molecule has 0 saturated carbocycles. The van der Waals surface area contributed by atoms with Crippen LogP contribution in [0.3, 0.4) is 0 Å². The number of carbonyl (C=O) groups is 3. The molecule has 0 spiro atoms. The van der Waals surface area contributed by atoms with E-state index >= 15 is 0 Å². The fourth-order valence-corrected chi connectivity index (χ4v) is 5.73. The first-order valence-electron chi connectivity index (χ1n) is 14.0. The van der Waals surface area contributed by atoms with Gasteiger partial charge in [0.2, 0.25) is 0 Å². The summed E-state index contributed by atoms with van der Waals surface area (Å²) in [4.78, 5) is 46.4. The van der Waals surface area contributed by atoms with Crippen LogP contribution in [0.25, 0.3) is 0 Å². The molecule has 3 fully saturated rings. The third-order valence-electron chi connectivity index (χ3n) is 8.15. The monoisotopic (exact) mass is 538 g/mol. The molecule has 8 nitrogen and oxygen atoms in total. The molecule has 1 atom stereocenters. The number of rotatable bonds is 6. The molecule has 6 rings (SSSR count). The van der Waals surface area contributed by atoms with Crippen molar-refractivity contribution in [2.75, 3.05) is 52.4 Å². The highest BCUT2D eigenvalue weighted by Crippen LogP contribution is 2.24. The van der Waals surface area contributed by atoms with Crippen LogP contribution < -0.4 is 4.74 Å². The van der Waals surface area contributed by atoms with Gasteiger partial charge in [0.1, 0.15) is 11.9 Å². The summed E-state index contributed by atoms with van der Waals surface area (Å²) in [6.45, 7) is 5.70. The van der Waals surface area contributed by atoms with Crippen molar-refractivity contribution in [1.82, 2.24) is 19.6 Å². The fourth-order valence-electron chi connectivity index (χ4n) is 5.73. The van der Waals surface area contributed by atoms with Crippen LogP contribution in [0.4, 0.5) is 0 Å². The zero-order valence-electron chi connectivity index (χ0n) is 22.5. The van der Waals surface area contributed by atoms with Crippen molar-refractivity contribution in [3.8, 4) is 5.75 Å². The lowest BCUT2D eigenvalue weighted by atomic mass is 10.0. The highest BCUT2D eigenvalue weighted by atomic mass is 16.5. The molecular weight excluding hydrogens is 504 g/mol. The van der Waals surface area contributed by atoms with Gasteiger partial charge in [-0.2, -0.15) is 0 Å². The second-order valence-corrected chi connectivity index (χ2v) is 10.7. The van der Waals surface area contributed by atoms with Crippen molar-refractivity contribution in [1.29, 1.82) is 0 Å². The summed E-state index contributed by atoms with van der Waals surface area (Å²) < 4.78 is 6.12. The molecule has 3 aliphatic heterocycles. The maximum absolute atomic E-state index is 13.0. The maximum atomic E-state index is 13.0. The number of piperazine rings is 1. The van der Waals surface area contributed by atoms with E-state index in [1.165, 1.54) is 0 Å². The third kappa shape index (κ3) is 5.58. The number of nitrogens with zero attached hydrogens (tertiary/aromatic N) is 4. The normalized spacial score (nSPS) is 19.8. The zero-order valence-corrected chi connectivity index (χ0v) is 22.5. The van der Waals surface area contributed by atoms with E-state index in [1.54, 1.807) is 0 Å². The minimum absolute atomic E-state index is 0.0289. The van der Waals surface area contributed by atoms with Gasteiger partial charge in [0.25, 0.3) is 17.7 Å². The predicted octanol–water partition coefficient (Wildman–Crippen LogP) is 3.26. The molecular formula is C32H34N4O4. The molecule has 3 heterocycles. The molecule has 206 valence electrons. The average molecular weight is 539 g/mol. The van der Waals surface area contributed by atoms with E-state index in [4.69, 9.17) is 4.74 Å². The van der Waals surface area contributed by atoms with Gasteiger partial charge >= 0.3 is 0 Å². The van der Waals surface area contributed by atoms with Crippen molar-refractivity contribution < 1.29 is 19.1 Å². The fraction of sp³-hybridized carbons (Fsp3) is 0.344. The lowest BCUT2D eigenvalue weighted by Crippen LogP contribution is -2.64. The molecule has 40 heavy (non-hydrogen) atoms. The van der Waals surface area contributed by atoms with Gasteiger partial charge in [0, 0.05) is 75.0 Å². The van der Waals surface area contributed by atoms with Crippen LogP contribution in [0.2, 0.25) is 0 Å². The van der Waals surface area contributed by atoms with Crippen LogP contribution in [0, 0.1) is 0 Å². The van der Waals surface area contributed by atoms with E-state index in [0.717, 1.165) is 25.1 Å². The van der Waals surface area contributed by atoms with Gasteiger partial charge in [-0.15, -0.1) is 0 Å². The van der Waals surface area contributed by atoms with Crippen molar-refractivity contribution in [2.24, 2.45) is 0 Å². The molecule has 3 saturated heterocycles. The summed E-state index contributed by atoms with van der Waals surface area (Å²) >= 11 is 0. The molecule has 3 aromatic rings. The molecule has 0 N–H and O–H groups in total. The quantitative estimate of drug-likeness (QED) is 0.482. The molecule has 0 unspecified atom stereocenters. The lowest BCUT2D eigenvalue weighted by Gasteiger charge is -2.48. The van der Waals surface area contributed by atoms with Gasteiger partial charge in [-0.25, -0.2) is 0 Å². The number of carbonyl (C=O) groups excluding carboxylic acids is 3. The first-order valence-corrected chi connectivity index (χ1v) is 14.0. The van der Waals surface area contributed by atoms with E-state index in [-0.39, 0.29) is 23.8 Å². The standard InChI is InChI=1S/C32H34N4O4/c37-30(24-7-3-1-4-8-24)34-19-17-33(18-20-34)27-21-36(22-27)32(39)26-11-13-28(14-12-26)40-29-15-16-35(23-29)31(38)25-9-5-2-6-10-25/h1-14,27,29H,15-23H2/t29-/m0/s1. The Bertz CT molecular complexity index is 1330. The minimum Gasteiger partial charge on any atom is -0.489 e. The molecule has 0 bridgehead atoms. The number of ether oxygens (including phenoxy) is 1. The van der Waals surface area contributed by atoms with Crippen LogP contribution in [0.15, 0.2) is 84.9 Å². The Morgan fingerprint density at radius 3 is 1.68 bits per heavy atom. The van der Waals surface area contributed by atoms with Gasteiger partial charge in [-0.05, 0) is 48.5 Å². The summed E-state index contributed by atoms with van der Waals surface area (Å²) in [5.74, 6) is 0.855. The Morgan fingerprint density at radius 2 is 1.07 bits per heavy atom. The SMILES string of the molecule is O=C(c1ccccc1)N1CCN(C2CN(C(=O)c3ccc(O[C@H]4CCN(C(=O)c5ccccc5)C4)cc3)C2)CC1. The van der Waals surface area contributed by atoms with Crippen LogP contribution in [0.5, 0.6) is 5.75 Å². The molecule has 3 aromatic carbocycles. The maximum Gasteiger partial charge on any atom is 0.253 e. The summed E-state index contributed by atoms with van der Waals surface area (Å²) in [6.07, 6.45) is 0.720. The highest BCUT2D eigenvalue weighted by Gasteiger charge is 2.37. The van der Waals surface area contributed by atoms with Crippen LogP contribution in [-0.4, -0.2) is 102 Å². The van der Waals surface area contributed by atoms with Gasteiger partial charge in [-0.3, -0.25) is 19.3 Å². The van der Waals surface area contributed by atoms with E-state index in [1.807, 2.05) is 99.6 Å². The number of hydrogen-bond donors (Lipinski definition) is 0. The third-order valence-corrected chi connectivity index (χ3v) is 8.15.